The Morgan fingerprint density at radius 1 is 1.06 bits per heavy atom. The van der Waals surface area contributed by atoms with Crippen molar-refractivity contribution in [1.82, 2.24) is 15.5 Å². The largest absolute Gasteiger partial charge is 0.416 e. The molecule has 0 atom stereocenters. The number of nitrogens with zero attached hydrogens (tertiary/aromatic N) is 2. The summed E-state index contributed by atoms with van der Waals surface area (Å²) in [6.07, 6.45) is -2.79. The highest BCUT2D eigenvalue weighted by Gasteiger charge is 2.29. The van der Waals surface area contributed by atoms with E-state index in [0.717, 1.165) is 41.8 Å². The van der Waals surface area contributed by atoms with Gasteiger partial charge in [-0.3, -0.25) is 4.79 Å². The normalized spacial score (nSPS) is 14.3. The first-order chi connectivity index (χ1) is 14.8. The standard InChI is InChI=1S/C23H27F3N4O.HI/c1-2-27-22(28-14-17-8-10-20(11-9-17)23(24,25)26)29-15-18-5-3-6-19(13-18)16-30-12-4-7-21(30)31;/h3,5-6,8-11,13H,2,4,7,12,14-16H2,1H3,(H2,27,28,29);1H. The van der Waals surface area contributed by atoms with Gasteiger partial charge in [-0.25, -0.2) is 4.99 Å². The number of amides is 1. The Morgan fingerprint density at radius 3 is 2.41 bits per heavy atom. The molecule has 1 saturated heterocycles. The van der Waals surface area contributed by atoms with Crippen molar-refractivity contribution in [2.75, 3.05) is 13.1 Å². The highest BCUT2D eigenvalue weighted by Crippen LogP contribution is 2.29. The number of carbonyl (C=O) groups excluding carboxylic acids is 1. The third-order valence-corrected chi connectivity index (χ3v) is 5.04. The fourth-order valence-corrected chi connectivity index (χ4v) is 3.43. The summed E-state index contributed by atoms with van der Waals surface area (Å²) >= 11 is 0. The summed E-state index contributed by atoms with van der Waals surface area (Å²) in [7, 11) is 0. The van der Waals surface area contributed by atoms with Crippen LogP contribution in [-0.4, -0.2) is 29.9 Å². The molecule has 5 nitrogen and oxygen atoms in total. The number of carbonyl (C=O) groups is 1. The van der Waals surface area contributed by atoms with Crippen LogP contribution in [0.5, 0.6) is 0 Å². The molecule has 0 unspecified atom stereocenters. The first kappa shape index (κ1) is 26.0. The molecule has 0 bridgehead atoms. The van der Waals surface area contributed by atoms with Crippen LogP contribution in [0.3, 0.4) is 0 Å². The number of halogens is 4. The fraction of sp³-hybridized carbons (Fsp3) is 0.391. The maximum absolute atomic E-state index is 12.7. The lowest BCUT2D eigenvalue weighted by molar-refractivity contribution is -0.137. The van der Waals surface area contributed by atoms with E-state index in [2.05, 4.69) is 21.7 Å². The van der Waals surface area contributed by atoms with Crippen LogP contribution in [0.2, 0.25) is 0 Å². The zero-order valence-corrected chi connectivity index (χ0v) is 20.2. The Bertz CT molecular complexity index is 916. The summed E-state index contributed by atoms with van der Waals surface area (Å²) in [6, 6.07) is 13.1. The van der Waals surface area contributed by atoms with Gasteiger partial charge in [-0.15, -0.1) is 24.0 Å². The second-order valence-electron chi connectivity index (χ2n) is 7.48. The zero-order chi connectivity index (χ0) is 22.3. The van der Waals surface area contributed by atoms with E-state index in [-0.39, 0.29) is 29.9 Å². The summed E-state index contributed by atoms with van der Waals surface area (Å²) in [5.41, 5.74) is 2.17. The van der Waals surface area contributed by atoms with Gasteiger partial charge in [0, 0.05) is 32.6 Å². The Balaban J connectivity index is 0.00000363. The molecule has 0 aliphatic carbocycles. The van der Waals surface area contributed by atoms with Crippen LogP contribution in [0, 0.1) is 0 Å². The highest BCUT2D eigenvalue weighted by atomic mass is 127. The first-order valence-corrected chi connectivity index (χ1v) is 10.4. The van der Waals surface area contributed by atoms with E-state index in [9.17, 15) is 18.0 Å². The van der Waals surface area contributed by atoms with E-state index in [1.165, 1.54) is 12.1 Å². The van der Waals surface area contributed by atoms with Gasteiger partial charge in [-0.05, 0) is 42.2 Å². The van der Waals surface area contributed by atoms with E-state index in [1.807, 2.05) is 30.0 Å². The van der Waals surface area contributed by atoms with Crippen LogP contribution >= 0.6 is 24.0 Å². The van der Waals surface area contributed by atoms with Crippen LogP contribution in [0.25, 0.3) is 0 Å². The lowest BCUT2D eigenvalue weighted by Gasteiger charge is -2.16. The number of nitrogens with one attached hydrogen (secondary N) is 2. The van der Waals surface area contributed by atoms with Gasteiger partial charge in [0.2, 0.25) is 5.91 Å². The van der Waals surface area contributed by atoms with E-state index in [0.29, 0.717) is 38.6 Å². The maximum Gasteiger partial charge on any atom is 0.416 e. The van der Waals surface area contributed by atoms with Crippen molar-refractivity contribution >= 4 is 35.8 Å². The molecule has 2 aromatic rings. The molecule has 1 heterocycles. The van der Waals surface area contributed by atoms with Crippen molar-refractivity contribution in [3.05, 3.63) is 70.8 Å². The predicted octanol–water partition coefficient (Wildman–Crippen LogP) is 4.70. The summed E-state index contributed by atoms with van der Waals surface area (Å²) in [6.45, 7) is 4.84. The molecule has 0 spiro atoms. The van der Waals surface area contributed by atoms with Crippen LogP contribution < -0.4 is 10.6 Å². The molecule has 0 aromatic heterocycles. The molecule has 2 aromatic carbocycles. The Hall–Kier alpha value is -2.30. The third kappa shape index (κ3) is 7.68. The van der Waals surface area contributed by atoms with Gasteiger partial charge in [0.25, 0.3) is 0 Å². The van der Waals surface area contributed by atoms with Crippen molar-refractivity contribution < 1.29 is 18.0 Å². The molecule has 1 aliphatic rings. The smallest absolute Gasteiger partial charge is 0.357 e. The van der Waals surface area contributed by atoms with Gasteiger partial charge >= 0.3 is 6.18 Å². The fourth-order valence-electron chi connectivity index (χ4n) is 3.43. The molecule has 174 valence electrons. The van der Waals surface area contributed by atoms with Gasteiger partial charge in [0.15, 0.2) is 5.96 Å². The van der Waals surface area contributed by atoms with Crippen LogP contribution in [0.15, 0.2) is 53.5 Å². The summed E-state index contributed by atoms with van der Waals surface area (Å²) in [5, 5.41) is 6.29. The molecular formula is C23H28F3IN4O. The molecule has 0 radical (unpaired) electrons. The minimum absolute atomic E-state index is 0. The lowest BCUT2D eigenvalue weighted by atomic mass is 10.1. The van der Waals surface area contributed by atoms with Crippen molar-refractivity contribution in [1.29, 1.82) is 0 Å². The number of aliphatic imine (C=N–C) groups is 1. The molecule has 1 amide bonds. The number of hydrogen-bond donors (Lipinski definition) is 2. The number of hydrogen-bond acceptors (Lipinski definition) is 2. The van der Waals surface area contributed by atoms with Gasteiger partial charge in [-0.2, -0.15) is 13.2 Å². The van der Waals surface area contributed by atoms with E-state index < -0.39 is 11.7 Å². The van der Waals surface area contributed by atoms with E-state index in [1.54, 1.807) is 0 Å². The first-order valence-electron chi connectivity index (χ1n) is 10.4. The molecule has 2 N–H and O–H groups in total. The Labute approximate surface area is 203 Å². The summed E-state index contributed by atoms with van der Waals surface area (Å²) in [4.78, 5) is 18.3. The van der Waals surface area contributed by atoms with Crippen LogP contribution in [0.4, 0.5) is 13.2 Å². The minimum atomic E-state index is -4.33. The van der Waals surface area contributed by atoms with Gasteiger partial charge in [0.05, 0.1) is 12.1 Å². The quantitative estimate of drug-likeness (QED) is 0.294. The number of guanidine groups is 1. The molecule has 0 saturated carbocycles. The second-order valence-corrected chi connectivity index (χ2v) is 7.48. The van der Waals surface area contributed by atoms with Crippen LogP contribution in [0.1, 0.15) is 42.0 Å². The Kier molecular flexibility index (Phi) is 9.80. The molecule has 9 heteroatoms. The number of benzene rings is 2. The zero-order valence-electron chi connectivity index (χ0n) is 17.9. The predicted molar refractivity (Wildman–Crippen MR) is 130 cm³/mol. The average Bonchev–Trinajstić information content (AvgIpc) is 3.14. The number of likely N-dealkylation sites (tertiary alicyclic amines) is 1. The lowest BCUT2D eigenvalue weighted by Crippen LogP contribution is -2.36. The molecule has 1 fully saturated rings. The van der Waals surface area contributed by atoms with Crippen molar-refractivity contribution in [3.8, 4) is 0 Å². The number of alkyl halides is 3. The van der Waals surface area contributed by atoms with Crippen molar-refractivity contribution in [2.24, 2.45) is 4.99 Å². The molecule has 3 rings (SSSR count). The molecular weight excluding hydrogens is 532 g/mol. The van der Waals surface area contributed by atoms with Gasteiger partial charge in [0.1, 0.15) is 0 Å². The van der Waals surface area contributed by atoms with E-state index in [4.69, 9.17) is 0 Å². The average molecular weight is 560 g/mol. The molecule has 32 heavy (non-hydrogen) atoms. The summed E-state index contributed by atoms with van der Waals surface area (Å²) in [5.74, 6) is 0.785. The topological polar surface area (TPSA) is 56.7 Å². The van der Waals surface area contributed by atoms with Crippen molar-refractivity contribution in [3.63, 3.8) is 0 Å². The van der Waals surface area contributed by atoms with E-state index >= 15 is 0 Å². The molecule has 1 aliphatic heterocycles. The SMILES string of the molecule is CCNC(=NCc1cccc(CN2CCCC2=O)c1)NCc1ccc(C(F)(F)F)cc1.I. The number of rotatable bonds is 7. The van der Waals surface area contributed by atoms with Crippen LogP contribution in [-0.2, 0) is 30.6 Å². The van der Waals surface area contributed by atoms with Crippen molar-refractivity contribution in [2.45, 2.75) is 45.6 Å². The van der Waals surface area contributed by atoms with Gasteiger partial charge < -0.3 is 15.5 Å². The second kappa shape index (κ2) is 12.1. The maximum atomic E-state index is 12.7. The third-order valence-electron chi connectivity index (χ3n) is 5.04. The Morgan fingerprint density at radius 2 is 1.78 bits per heavy atom. The monoisotopic (exact) mass is 560 g/mol. The highest BCUT2D eigenvalue weighted by molar-refractivity contribution is 14.0. The minimum Gasteiger partial charge on any atom is -0.357 e. The van der Waals surface area contributed by atoms with Gasteiger partial charge in [-0.1, -0.05) is 36.4 Å². The summed E-state index contributed by atoms with van der Waals surface area (Å²) < 4.78 is 38.1.